The number of nitrogens with one attached hydrogen (secondary N) is 1. The topological polar surface area (TPSA) is 45.5 Å². The number of likely N-dealkylation sites (N-methyl/N-ethyl adjacent to an activating group) is 1. The van der Waals surface area contributed by atoms with E-state index in [1.807, 2.05) is 24.4 Å². The number of hydrogen-bond acceptors (Lipinski definition) is 4. The van der Waals surface area contributed by atoms with Gasteiger partial charge in [0.25, 0.3) is 0 Å². The molecule has 2 aromatic heterocycles. The Morgan fingerprint density at radius 1 is 1.39 bits per heavy atom. The van der Waals surface area contributed by atoms with Crippen molar-refractivity contribution in [3.05, 3.63) is 30.2 Å². The maximum Gasteiger partial charge on any atom is 0.160 e. The van der Waals surface area contributed by atoms with Gasteiger partial charge in [0.15, 0.2) is 11.5 Å². The standard InChI is InChI=1S/C13H19N5/c1-10(14-11-6-8-17(2)9-11)13-16-15-12-5-3-4-7-18(12)13/h3-5,7,10-11,14H,6,8-9H2,1-2H3. The zero-order valence-corrected chi connectivity index (χ0v) is 10.9. The van der Waals surface area contributed by atoms with Crippen LogP contribution in [0, 0.1) is 0 Å². The first-order valence-corrected chi connectivity index (χ1v) is 6.48. The van der Waals surface area contributed by atoms with Crippen molar-refractivity contribution in [2.24, 2.45) is 0 Å². The second-order valence-corrected chi connectivity index (χ2v) is 5.12. The minimum absolute atomic E-state index is 0.221. The van der Waals surface area contributed by atoms with Gasteiger partial charge >= 0.3 is 0 Å². The third-order valence-electron chi connectivity index (χ3n) is 3.60. The van der Waals surface area contributed by atoms with Crippen LogP contribution in [0.4, 0.5) is 0 Å². The van der Waals surface area contributed by atoms with Crippen LogP contribution in [0.3, 0.4) is 0 Å². The van der Waals surface area contributed by atoms with Crippen molar-refractivity contribution in [1.29, 1.82) is 0 Å². The van der Waals surface area contributed by atoms with Crippen molar-refractivity contribution in [2.75, 3.05) is 20.1 Å². The molecule has 5 heteroatoms. The van der Waals surface area contributed by atoms with Crippen molar-refractivity contribution in [3.63, 3.8) is 0 Å². The molecule has 2 atom stereocenters. The highest BCUT2D eigenvalue weighted by atomic mass is 15.3. The van der Waals surface area contributed by atoms with E-state index in [2.05, 4.69) is 38.8 Å². The number of pyridine rings is 1. The van der Waals surface area contributed by atoms with Crippen LogP contribution in [0.1, 0.15) is 25.2 Å². The number of nitrogens with zero attached hydrogens (tertiary/aromatic N) is 4. The molecule has 1 N–H and O–H groups in total. The Morgan fingerprint density at radius 3 is 3.06 bits per heavy atom. The summed E-state index contributed by atoms with van der Waals surface area (Å²) < 4.78 is 2.05. The molecule has 18 heavy (non-hydrogen) atoms. The van der Waals surface area contributed by atoms with Crippen molar-refractivity contribution >= 4 is 5.65 Å². The van der Waals surface area contributed by atoms with Gasteiger partial charge in [0, 0.05) is 18.8 Å². The predicted octanol–water partition coefficient (Wildman–Crippen LogP) is 1.08. The molecular weight excluding hydrogens is 226 g/mol. The van der Waals surface area contributed by atoms with E-state index in [0.29, 0.717) is 6.04 Å². The molecule has 1 fully saturated rings. The van der Waals surface area contributed by atoms with Gasteiger partial charge < -0.3 is 10.2 Å². The van der Waals surface area contributed by atoms with Crippen LogP contribution >= 0.6 is 0 Å². The molecule has 1 aliphatic rings. The molecule has 3 heterocycles. The molecule has 0 bridgehead atoms. The summed E-state index contributed by atoms with van der Waals surface area (Å²) in [5, 5.41) is 12.1. The summed E-state index contributed by atoms with van der Waals surface area (Å²) in [5.74, 6) is 0.986. The summed E-state index contributed by atoms with van der Waals surface area (Å²) in [7, 11) is 2.17. The average molecular weight is 245 g/mol. The Bertz CT molecular complexity index is 535. The second-order valence-electron chi connectivity index (χ2n) is 5.12. The van der Waals surface area contributed by atoms with Gasteiger partial charge in [-0.3, -0.25) is 4.40 Å². The van der Waals surface area contributed by atoms with Gasteiger partial charge in [-0.2, -0.15) is 0 Å². The summed E-state index contributed by atoms with van der Waals surface area (Å²) >= 11 is 0. The molecular formula is C13H19N5. The first-order chi connectivity index (χ1) is 8.74. The molecule has 1 saturated heterocycles. The van der Waals surface area contributed by atoms with E-state index in [4.69, 9.17) is 0 Å². The Labute approximate surface area is 107 Å². The number of hydrogen-bond donors (Lipinski definition) is 1. The Morgan fingerprint density at radius 2 is 2.28 bits per heavy atom. The zero-order chi connectivity index (χ0) is 12.5. The number of aromatic nitrogens is 3. The highest BCUT2D eigenvalue weighted by molar-refractivity contribution is 5.37. The molecule has 0 radical (unpaired) electrons. The lowest BCUT2D eigenvalue weighted by Gasteiger charge is -2.18. The molecule has 0 spiro atoms. The van der Waals surface area contributed by atoms with E-state index >= 15 is 0 Å². The molecule has 3 rings (SSSR count). The van der Waals surface area contributed by atoms with Gasteiger partial charge in [-0.05, 0) is 39.1 Å². The summed E-state index contributed by atoms with van der Waals surface area (Å²) in [6.45, 7) is 4.44. The van der Waals surface area contributed by atoms with Crippen LogP contribution in [0.15, 0.2) is 24.4 Å². The van der Waals surface area contributed by atoms with Crippen molar-refractivity contribution in [2.45, 2.75) is 25.4 Å². The molecule has 2 aromatic rings. The molecule has 5 nitrogen and oxygen atoms in total. The van der Waals surface area contributed by atoms with Gasteiger partial charge in [0.1, 0.15) is 0 Å². The fraction of sp³-hybridized carbons (Fsp3) is 0.538. The van der Waals surface area contributed by atoms with Crippen LogP contribution in [0.5, 0.6) is 0 Å². The van der Waals surface area contributed by atoms with Gasteiger partial charge in [0.05, 0.1) is 6.04 Å². The minimum atomic E-state index is 0.221. The van der Waals surface area contributed by atoms with Crippen molar-refractivity contribution in [3.8, 4) is 0 Å². The first-order valence-electron chi connectivity index (χ1n) is 6.48. The molecule has 1 aliphatic heterocycles. The average Bonchev–Trinajstić information content (AvgIpc) is 2.95. The normalized spacial score (nSPS) is 22.7. The third-order valence-corrected chi connectivity index (χ3v) is 3.60. The first kappa shape index (κ1) is 11.6. The Balaban J connectivity index is 1.77. The van der Waals surface area contributed by atoms with Crippen LogP contribution in [-0.4, -0.2) is 45.7 Å². The number of likely N-dealkylation sites (tertiary alicyclic amines) is 1. The van der Waals surface area contributed by atoms with E-state index in [9.17, 15) is 0 Å². The van der Waals surface area contributed by atoms with E-state index in [1.165, 1.54) is 13.0 Å². The Kier molecular flexibility index (Phi) is 3.01. The maximum absolute atomic E-state index is 4.29. The molecule has 2 unspecified atom stereocenters. The van der Waals surface area contributed by atoms with Gasteiger partial charge in [0.2, 0.25) is 0 Å². The smallest absolute Gasteiger partial charge is 0.160 e. The molecule has 0 aliphatic carbocycles. The van der Waals surface area contributed by atoms with Gasteiger partial charge in [-0.25, -0.2) is 0 Å². The molecule has 0 amide bonds. The fourth-order valence-corrected chi connectivity index (χ4v) is 2.65. The lowest BCUT2D eigenvalue weighted by atomic mass is 10.2. The monoisotopic (exact) mass is 245 g/mol. The summed E-state index contributed by atoms with van der Waals surface area (Å²) in [4.78, 5) is 2.35. The quantitative estimate of drug-likeness (QED) is 0.879. The third kappa shape index (κ3) is 2.11. The summed E-state index contributed by atoms with van der Waals surface area (Å²) in [5.41, 5.74) is 0.907. The molecule has 0 saturated carbocycles. The van der Waals surface area contributed by atoms with E-state index in [1.54, 1.807) is 0 Å². The molecule has 0 aromatic carbocycles. The highest BCUT2D eigenvalue weighted by Gasteiger charge is 2.23. The fourth-order valence-electron chi connectivity index (χ4n) is 2.65. The minimum Gasteiger partial charge on any atom is -0.305 e. The largest absolute Gasteiger partial charge is 0.305 e. The van der Waals surface area contributed by atoms with E-state index < -0.39 is 0 Å². The summed E-state index contributed by atoms with van der Waals surface area (Å²) in [6, 6.07) is 6.75. The summed E-state index contributed by atoms with van der Waals surface area (Å²) in [6.07, 6.45) is 3.22. The van der Waals surface area contributed by atoms with Crippen molar-refractivity contribution in [1.82, 2.24) is 24.8 Å². The maximum atomic E-state index is 4.29. The lowest BCUT2D eigenvalue weighted by Crippen LogP contribution is -2.34. The number of fused-ring (bicyclic) bond motifs is 1. The van der Waals surface area contributed by atoms with Crippen molar-refractivity contribution < 1.29 is 0 Å². The van der Waals surface area contributed by atoms with E-state index in [-0.39, 0.29) is 6.04 Å². The predicted molar refractivity (Wildman–Crippen MR) is 70.4 cm³/mol. The van der Waals surface area contributed by atoms with Crippen LogP contribution < -0.4 is 5.32 Å². The van der Waals surface area contributed by atoms with Gasteiger partial charge in [-0.1, -0.05) is 6.07 Å². The Hall–Kier alpha value is -1.46. The highest BCUT2D eigenvalue weighted by Crippen LogP contribution is 2.15. The van der Waals surface area contributed by atoms with E-state index in [0.717, 1.165) is 18.0 Å². The van der Waals surface area contributed by atoms with Crippen LogP contribution in [0.25, 0.3) is 5.65 Å². The molecule has 96 valence electrons. The number of rotatable bonds is 3. The second kappa shape index (κ2) is 4.66. The lowest BCUT2D eigenvalue weighted by molar-refractivity contribution is 0.383. The van der Waals surface area contributed by atoms with Crippen LogP contribution in [-0.2, 0) is 0 Å². The SMILES string of the molecule is CC(NC1CCN(C)C1)c1nnc2ccccn12. The zero-order valence-electron chi connectivity index (χ0n) is 10.9. The van der Waals surface area contributed by atoms with Gasteiger partial charge in [-0.15, -0.1) is 10.2 Å². The van der Waals surface area contributed by atoms with Crippen LogP contribution in [0.2, 0.25) is 0 Å².